The van der Waals surface area contributed by atoms with Gasteiger partial charge in [0.05, 0.1) is 5.75 Å². The van der Waals surface area contributed by atoms with E-state index < -0.39 is 21.6 Å². The van der Waals surface area contributed by atoms with Gasteiger partial charge >= 0.3 is 0 Å². The summed E-state index contributed by atoms with van der Waals surface area (Å²) in [4.78, 5) is 2.37. The van der Waals surface area contributed by atoms with Crippen LogP contribution in [0.1, 0.15) is 29.5 Å². The first-order valence-corrected chi connectivity index (χ1v) is 10.7. The van der Waals surface area contributed by atoms with Crippen molar-refractivity contribution in [2.75, 3.05) is 13.1 Å². The van der Waals surface area contributed by atoms with Crippen molar-refractivity contribution in [1.82, 2.24) is 9.62 Å². The quantitative estimate of drug-likeness (QED) is 0.776. The van der Waals surface area contributed by atoms with Crippen LogP contribution in [-0.2, 0) is 28.9 Å². The van der Waals surface area contributed by atoms with Crippen molar-refractivity contribution in [2.24, 2.45) is 0 Å². The molecule has 4 nitrogen and oxygen atoms in total. The topological polar surface area (TPSA) is 49.4 Å². The molecule has 0 spiro atoms. The van der Waals surface area contributed by atoms with Gasteiger partial charge in [-0.25, -0.2) is 17.5 Å². The predicted octanol–water partition coefficient (Wildman–Crippen LogP) is 3.69. The fourth-order valence-corrected chi connectivity index (χ4v) is 4.62. The van der Waals surface area contributed by atoms with E-state index in [0.29, 0.717) is 0 Å². The summed E-state index contributed by atoms with van der Waals surface area (Å²) in [5.41, 5.74) is 2.04. The second kappa shape index (κ2) is 8.48. The maximum absolute atomic E-state index is 13.9. The molecule has 0 unspecified atom stereocenters. The highest BCUT2D eigenvalue weighted by atomic mass is 35.5. The number of nitrogens with one attached hydrogen (secondary N) is 1. The van der Waals surface area contributed by atoms with Gasteiger partial charge in [-0.05, 0) is 49.2 Å². The number of hydrogen-bond donors (Lipinski definition) is 1. The molecule has 0 radical (unpaired) electrons. The molecule has 1 aliphatic heterocycles. The lowest BCUT2D eigenvalue weighted by Gasteiger charge is -2.18. The summed E-state index contributed by atoms with van der Waals surface area (Å²) in [5.74, 6) is -1.09. The molecule has 0 aromatic heterocycles. The van der Waals surface area contributed by atoms with Crippen LogP contribution in [-0.4, -0.2) is 26.4 Å². The zero-order valence-electron chi connectivity index (χ0n) is 14.4. The maximum Gasteiger partial charge on any atom is 0.216 e. The van der Waals surface area contributed by atoms with Crippen molar-refractivity contribution < 1.29 is 12.8 Å². The number of hydrogen-bond acceptors (Lipinski definition) is 3. The van der Waals surface area contributed by atoms with Crippen LogP contribution in [0.15, 0.2) is 42.5 Å². The number of rotatable bonds is 7. The van der Waals surface area contributed by atoms with Gasteiger partial charge in [-0.3, -0.25) is 4.90 Å². The average Bonchev–Trinajstić information content (AvgIpc) is 3.11. The smallest absolute Gasteiger partial charge is 0.216 e. The SMILES string of the molecule is O=S(=O)(Cc1c(F)cccc1Cl)NCc1ccccc1CN1CCCC1. The molecule has 140 valence electrons. The molecule has 2 aromatic rings. The summed E-state index contributed by atoms with van der Waals surface area (Å²) in [6.45, 7) is 3.15. The van der Waals surface area contributed by atoms with Gasteiger partial charge in [0.25, 0.3) is 0 Å². The second-order valence-corrected chi connectivity index (χ2v) is 8.75. The molecule has 0 aliphatic carbocycles. The van der Waals surface area contributed by atoms with Gasteiger partial charge in [-0.15, -0.1) is 0 Å². The fraction of sp³-hybridized carbons (Fsp3) is 0.368. The third-order valence-electron chi connectivity index (χ3n) is 4.59. The average molecular weight is 397 g/mol. The van der Waals surface area contributed by atoms with Crippen LogP contribution in [0.25, 0.3) is 0 Å². The molecule has 1 aliphatic rings. The Morgan fingerprint density at radius 3 is 2.42 bits per heavy atom. The van der Waals surface area contributed by atoms with Gasteiger partial charge < -0.3 is 0 Å². The molecule has 0 atom stereocenters. The number of halogens is 2. The van der Waals surface area contributed by atoms with Gasteiger partial charge in [0, 0.05) is 23.7 Å². The molecular weight excluding hydrogens is 375 g/mol. The van der Waals surface area contributed by atoms with E-state index in [1.165, 1.54) is 31.0 Å². The van der Waals surface area contributed by atoms with Crippen molar-refractivity contribution in [2.45, 2.75) is 31.7 Å². The van der Waals surface area contributed by atoms with Crippen molar-refractivity contribution in [3.8, 4) is 0 Å². The zero-order valence-corrected chi connectivity index (χ0v) is 16.0. The van der Waals surface area contributed by atoms with E-state index in [1.54, 1.807) is 0 Å². The largest absolute Gasteiger partial charge is 0.299 e. The third-order valence-corrected chi connectivity index (χ3v) is 6.20. The lowest BCUT2D eigenvalue weighted by atomic mass is 10.1. The number of sulfonamides is 1. The summed E-state index contributed by atoms with van der Waals surface area (Å²) in [5, 5.41) is 0.116. The van der Waals surface area contributed by atoms with Crippen LogP contribution in [0, 0.1) is 5.82 Å². The van der Waals surface area contributed by atoms with Gasteiger partial charge in [0.1, 0.15) is 5.82 Å². The lowest BCUT2D eigenvalue weighted by molar-refractivity contribution is 0.330. The monoisotopic (exact) mass is 396 g/mol. The first-order chi connectivity index (χ1) is 12.4. The van der Waals surface area contributed by atoms with E-state index in [9.17, 15) is 12.8 Å². The minimum Gasteiger partial charge on any atom is -0.299 e. The highest BCUT2D eigenvalue weighted by molar-refractivity contribution is 7.88. The Kier molecular flexibility index (Phi) is 6.29. The maximum atomic E-state index is 13.9. The normalized spacial score (nSPS) is 15.5. The molecule has 1 N–H and O–H groups in total. The van der Waals surface area contributed by atoms with E-state index in [1.807, 2.05) is 24.3 Å². The van der Waals surface area contributed by atoms with Gasteiger partial charge in [-0.1, -0.05) is 41.9 Å². The summed E-state index contributed by atoms with van der Waals surface area (Å²) in [6.07, 6.45) is 2.41. The number of likely N-dealkylation sites (tertiary alicyclic amines) is 1. The Bertz CT molecular complexity index is 847. The molecule has 1 heterocycles. The number of benzene rings is 2. The van der Waals surface area contributed by atoms with Crippen LogP contribution in [0.4, 0.5) is 4.39 Å². The Labute approximate surface area is 159 Å². The van der Waals surface area contributed by atoms with Crippen LogP contribution in [0.3, 0.4) is 0 Å². The zero-order chi connectivity index (χ0) is 18.6. The fourth-order valence-electron chi connectivity index (χ4n) is 3.16. The van der Waals surface area contributed by atoms with E-state index in [0.717, 1.165) is 30.8 Å². The summed E-state index contributed by atoms with van der Waals surface area (Å²) >= 11 is 5.94. The molecule has 2 aromatic carbocycles. The van der Waals surface area contributed by atoms with Crippen molar-refractivity contribution in [1.29, 1.82) is 0 Å². The molecular formula is C19H22ClFN2O2S. The van der Waals surface area contributed by atoms with Crippen LogP contribution >= 0.6 is 11.6 Å². The van der Waals surface area contributed by atoms with Gasteiger partial charge in [0.15, 0.2) is 0 Å². The van der Waals surface area contributed by atoms with Gasteiger partial charge in [-0.2, -0.15) is 0 Å². The first kappa shape index (κ1) is 19.3. The Morgan fingerprint density at radius 1 is 1.04 bits per heavy atom. The van der Waals surface area contributed by atoms with E-state index >= 15 is 0 Å². The summed E-state index contributed by atoms with van der Waals surface area (Å²) < 4.78 is 41.2. The molecule has 3 rings (SSSR count). The van der Waals surface area contributed by atoms with Crippen molar-refractivity contribution in [3.05, 3.63) is 70.0 Å². The van der Waals surface area contributed by atoms with Crippen LogP contribution in [0.5, 0.6) is 0 Å². The first-order valence-electron chi connectivity index (χ1n) is 8.64. The van der Waals surface area contributed by atoms with Crippen LogP contribution < -0.4 is 4.72 Å². The van der Waals surface area contributed by atoms with Crippen LogP contribution in [0.2, 0.25) is 5.02 Å². The molecule has 0 bridgehead atoms. The Morgan fingerprint density at radius 2 is 1.73 bits per heavy atom. The minimum absolute atomic E-state index is 0.00739. The number of nitrogens with zero attached hydrogens (tertiary/aromatic N) is 1. The lowest BCUT2D eigenvalue weighted by Crippen LogP contribution is -2.26. The summed E-state index contributed by atoms with van der Waals surface area (Å²) in [7, 11) is -3.71. The molecule has 0 amide bonds. The highest BCUT2D eigenvalue weighted by Gasteiger charge is 2.18. The Balaban J connectivity index is 1.68. The van der Waals surface area contributed by atoms with E-state index in [4.69, 9.17) is 11.6 Å². The van der Waals surface area contributed by atoms with E-state index in [-0.39, 0.29) is 17.1 Å². The molecule has 26 heavy (non-hydrogen) atoms. The molecule has 0 saturated carbocycles. The minimum atomic E-state index is -3.71. The van der Waals surface area contributed by atoms with Crippen molar-refractivity contribution >= 4 is 21.6 Å². The predicted molar refractivity (Wildman–Crippen MR) is 102 cm³/mol. The molecule has 1 fully saturated rings. The molecule has 7 heteroatoms. The summed E-state index contributed by atoms with van der Waals surface area (Å²) in [6, 6.07) is 12.0. The standard InChI is InChI=1S/C19H22ClFN2O2S/c20-18-8-5-9-19(21)17(18)14-26(24,25)22-12-15-6-1-2-7-16(15)13-23-10-3-4-11-23/h1-2,5-9,22H,3-4,10-14H2. The Hall–Kier alpha value is -1.47. The highest BCUT2D eigenvalue weighted by Crippen LogP contribution is 2.21. The van der Waals surface area contributed by atoms with E-state index in [2.05, 4.69) is 9.62 Å². The third kappa shape index (κ3) is 5.04. The molecule has 1 saturated heterocycles. The van der Waals surface area contributed by atoms with Crippen molar-refractivity contribution in [3.63, 3.8) is 0 Å². The van der Waals surface area contributed by atoms with Gasteiger partial charge in [0.2, 0.25) is 10.0 Å². The second-order valence-electron chi connectivity index (χ2n) is 6.53.